The van der Waals surface area contributed by atoms with Gasteiger partial charge in [0.15, 0.2) is 0 Å². The van der Waals surface area contributed by atoms with E-state index in [1.54, 1.807) is 0 Å². The van der Waals surface area contributed by atoms with Crippen LogP contribution in [0.25, 0.3) is 0 Å². The largest absolute Gasteiger partial charge is 0.378 e. The summed E-state index contributed by atoms with van der Waals surface area (Å²) in [6.45, 7) is 3.85. The average molecular weight is 265 g/mol. The molecule has 3 rings (SSSR count). The van der Waals surface area contributed by atoms with Gasteiger partial charge in [-0.15, -0.1) is 0 Å². The van der Waals surface area contributed by atoms with Crippen molar-refractivity contribution in [2.75, 3.05) is 26.8 Å². The molecule has 2 aliphatic rings. The topological polar surface area (TPSA) is 39.5 Å². The third-order valence-corrected chi connectivity index (χ3v) is 4.51. The number of aryl methyl sites for hydroxylation is 1. The predicted octanol–water partition coefficient (Wildman–Crippen LogP) is 1.19. The standard InChI is InChI=1S/C14H23N3O2/c1-16-12(4-7-15-16)10-17-8-5-13(18-2)14(11-17)6-3-9-19-14/h4,7,13H,3,5-6,8-11H2,1-2H3/t13-,14-/m0/s1. The number of hydrogen-bond donors (Lipinski definition) is 0. The van der Waals surface area contributed by atoms with Crippen LogP contribution in [0.3, 0.4) is 0 Å². The van der Waals surface area contributed by atoms with Crippen LogP contribution in [0, 0.1) is 0 Å². The van der Waals surface area contributed by atoms with Crippen molar-refractivity contribution in [1.82, 2.24) is 14.7 Å². The summed E-state index contributed by atoms with van der Waals surface area (Å²) in [4.78, 5) is 2.47. The lowest BCUT2D eigenvalue weighted by Crippen LogP contribution is -2.56. The number of likely N-dealkylation sites (tertiary alicyclic amines) is 1. The van der Waals surface area contributed by atoms with Crippen LogP contribution < -0.4 is 0 Å². The molecule has 0 saturated carbocycles. The summed E-state index contributed by atoms with van der Waals surface area (Å²) in [6, 6.07) is 2.09. The lowest BCUT2D eigenvalue weighted by atomic mass is 9.87. The maximum Gasteiger partial charge on any atom is 0.107 e. The van der Waals surface area contributed by atoms with E-state index in [9.17, 15) is 0 Å². The quantitative estimate of drug-likeness (QED) is 0.823. The molecule has 106 valence electrons. The Hall–Kier alpha value is -0.910. The van der Waals surface area contributed by atoms with Crippen LogP contribution in [0.5, 0.6) is 0 Å². The summed E-state index contributed by atoms with van der Waals surface area (Å²) in [7, 11) is 3.81. The van der Waals surface area contributed by atoms with Gasteiger partial charge < -0.3 is 9.47 Å². The van der Waals surface area contributed by atoms with Crippen LogP contribution >= 0.6 is 0 Å². The third-order valence-electron chi connectivity index (χ3n) is 4.51. The van der Waals surface area contributed by atoms with Gasteiger partial charge in [0.2, 0.25) is 0 Å². The van der Waals surface area contributed by atoms with Crippen molar-refractivity contribution in [2.45, 2.75) is 37.5 Å². The molecule has 2 fully saturated rings. The zero-order chi connectivity index (χ0) is 13.3. The Balaban J connectivity index is 1.70. The van der Waals surface area contributed by atoms with E-state index in [-0.39, 0.29) is 11.7 Å². The molecule has 0 aliphatic carbocycles. The van der Waals surface area contributed by atoms with Crippen LogP contribution in [0.2, 0.25) is 0 Å². The molecule has 0 radical (unpaired) electrons. The zero-order valence-electron chi connectivity index (χ0n) is 11.8. The predicted molar refractivity (Wildman–Crippen MR) is 71.8 cm³/mol. The molecule has 2 atom stereocenters. The van der Waals surface area contributed by atoms with E-state index in [4.69, 9.17) is 9.47 Å². The minimum Gasteiger partial charge on any atom is -0.378 e. The number of ether oxygens (including phenoxy) is 2. The van der Waals surface area contributed by atoms with Crippen molar-refractivity contribution >= 4 is 0 Å². The van der Waals surface area contributed by atoms with Gasteiger partial charge >= 0.3 is 0 Å². The second-order valence-corrected chi connectivity index (χ2v) is 5.69. The molecule has 1 aromatic heterocycles. The van der Waals surface area contributed by atoms with Crippen LogP contribution in [-0.2, 0) is 23.1 Å². The van der Waals surface area contributed by atoms with Gasteiger partial charge in [-0.1, -0.05) is 0 Å². The Bertz CT molecular complexity index is 426. The van der Waals surface area contributed by atoms with E-state index < -0.39 is 0 Å². The minimum absolute atomic E-state index is 0.0778. The molecular formula is C14H23N3O2. The summed E-state index contributed by atoms with van der Waals surface area (Å²) in [5.74, 6) is 0. The monoisotopic (exact) mass is 265 g/mol. The molecule has 5 heteroatoms. The summed E-state index contributed by atoms with van der Waals surface area (Å²) in [6.07, 6.45) is 5.43. The molecule has 3 heterocycles. The Morgan fingerprint density at radius 2 is 2.47 bits per heavy atom. The van der Waals surface area contributed by atoms with Gasteiger partial charge in [0, 0.05) is 46.6 Å². The maximum atomic E-state index is 6.08. The van der Waals surface area contributed by atoms with Gasteiger partial charge in [0.1, 0.15) is 5.60 Å². The zero-order valence-corrected chi connectivity index (χ0v) is 11.8. The van der Waals surface area contributed by atoms with E-state index >= 15 is 0 Å². The first kappa shape index (κ1) is 13.1. The SMILES string of the molecule is CO[C@H]1CCN(Cc2ccnn2C)C[C@@]12CCCO2. The number of hydrogen-bond acceptors (Lipinski definition) is 4. The van der Waals surface area contributed by atoms with E-state index in [2.05, 4.69) is 16.1 Å². The first-order valence-electron chi connectivity index (χ1n) is 7.09. The summed E-state index contributed by atoms with van der Waals surface area (Å²) >= 11 is 0. The summed E-state index contributed by atoms with van der Waals surface area (Å²) < 4.78 is 13.7. The summed E-state index contributed by atoms with van der Waals surface area (Å²) in [5, 5.41) is 4.24. The van der Waals surface area contributed by atoms with Gasteiger partial charge in [-0.2, -0.15) is 5.10 Å². The number of methoxy groups -OCH3 is 1. The first-order chi connectivity index (χ1) is 9.23. The van der Waals surface area contributed by atoms with E-state index in [0.29, 0.717) is 0 Å². The fourth-order valence-corrected chi connectivity index (χ4v) is 3.47. The Kier molecular flexibility index (Phi) is 3.60. The molecule has 5 nitrogen and oxygen atoms in total. The van der Waals surface area contributed by atoms with E-state index in [1.165, 1.54) is 5.69 Å². The molecule has 0 bridgehead atoms. The van der Waals surface area contributed by atoms with Crippen molar-refractivity contribution < 1.29 is 9.47 Å². The second kappa shape index (κ2) is 5.23. The van der Waals surface area contributed by atoms with Crippen molar-refractivity contribution in [2.24, 2.45) is 7.05 Å². The highest BCUT2D eigenvalue weighted by Gasteiger charge is 2.47. The minimum atomic E-state index is -0.0778. The van der Waals surface area contributed by atoms with Gasteiger partial charge in [-0.3, -0.25) is 9.58 Å². The van der Waals surface area contributed by atoms with Crippen molar-refractivity contribution in [3.05, 3.63) is 18.0 Å². The lowest BCUT2D eigenvalue weighted by molar-refractivity contribution is -0.145. The molecule has 19 heavy (non-hydrogen) atoms. The fourth-order valence-electron chi connectivity index (χ4n) is 3.47. The fraction of sp³-hybridized carbons (Fsp3) is 0.786. The van der Waals surface area contributed by atoms with E-state index in [1.807, 2.05) is 25.0 Å². The Morgan fingerprint density at radius 3 is 3.11 bits per heavy atom. The van der Waals surface area contributed by atoms with Crippen molar-refractivity contribution in [3.8, 4) is 0 Å². The number of nitrogens with zero attached hydrogens (tertiary/aromatic N) is 3. The van der Waals surface area contributed by atoms with Gasteiger partial charge in [0.25, 0.3) is 0 Å². The highest BCUT2D eigenvalue weighted by Crippen LogP contribution is 2.36. The van der Waals surface area contributed by atoms with Gasteiger partial charge in [-0.05, 0) is 25.3 Å². The number of piperidine rings is 1. The highest BCUT2D eigenvalue weighted by atomic mass is 16.5. The van der Waals surface area contributed by atoms with Gasteiger partial charge in [0.05, 0.1) is 11.8 Å². The average Bonchev–Trinajstić information content (AvgIpc) is 3.01. The van der Waals surface area contributed by atoms with Crippen LogP contribution in [0.4, 0.5) is 0 Å². The molecular weight excluding hydrogens is 242 g/mol. The summed E-state index contributed by atoms with van der Waals surface area (Å²) in [5.41, 5.74) is 1.18. The van der Waals surface area contributed by atoms with E-state index in [0.717, 1.165) is 45.5 Å². The molecule has 2 aliphatic heterocycles. The van der Waals surface area contributed by atoms with Crippen molar-refractivity contribution in [3.63, 3.8) is 0 Å². The normalized spacial score (nSPS) is 32.2. The van der Waals surface area contributed by atoms with Crippen LogP contribution in [0.15, 0.2) is 12.3 Å². The molecule has 0 N–H and O–H groups in total. The lowest BCUT2D eigenvalue weighted by Gasteiger charge is -2.44. The molecule has 2 saturated heterocycles. The smallest absolute Gasteiger partial charge is 0.107 e. The molecule has 0 amide bonds. The number of rotatable bonds is 3. The molecule has 0 unspecified atom stereocenters. The number of aromatic nitrogens is 2. The van der Waals surface area contributed by atoms with Gasteiger partial charge in [-0.25, -0.2) is 0 Å². The Labute approximate surface area is 114 Å². The molecule has 1 spiro atoms. The highest BCUT2D eigenvalue weighted by molar-refractivity contribution is 5.04. The molecule has 0 aromatic carbocycles. The van der Waals surface area contributed by atoms with Crippen molar-refractivity contribution in [1.29, 1.82) is 0 Å². The maximum absolute atomic E-state index is 6.08. The second-order valence-electron chi connectivity index (χ2n) is 5.69. The van der Waals surface area contributed by atoms with Crippen LogP contribution in [0.1, 0.15) is 25.0 Å². The van der Waals surface area contributed by atoms with Crippen LogP contribution in [-0.4, -0.2) is 53.2 Å². The third kappa shape index (κ3) is 2.42. The molecule has 1 aromatic rings. The first-order valence-corrected chi connectivity index (χ1v) is 7.09. The Morgan fingerprint density at radius 1 is 1.58 bits per heavy atom.